The Morgan fingerprint density at radius 1 is 1.08 bits per heavy atom. The maximum Gasteiger partial charge on any atom is 0.311 e. The first kappa shape index (κ1) is 18.9. The Kier molecular flexibility index (Phi) is 6.67. The standard InChI is InChI=1S/C18H18N2O6/c1-25-16-9-5-3-7-14(16)11-19-17(21)12-26-18(22)10-13-6-2-4-8-15(13)20(23)24/h2-9H,10-12H2,1H3,(H,19,21). The number of ether oxygens (including phenoxy) is 2. The summed E-state index contributed by atoms with van der Waals surface area (Å²) in [7, 11) is 1.53. The highest BCUT2D eigenvalue weighted by Crippen LogP contribution is 2.18. The highest BCUT2D eigenvalue weighted by molar-refractivity contribution is 5.81. The van der Waals surface area contributed by atoms with Crippen LogP contribution >= 0.6 is 0 Å². The molecule has 0 aliphatic carbocycles. The first-order chi connectivity index (χ1) is 12.5. The van der Waals surface area contributed by atoms with Crippen LogP contribution in [0.15, 0.2) is 48.5 Å². The minimum absolute atomic E-state index is 0.162. The van der Waals surface area contributed by atoms with Crippen molar-refractivity contribution in [1.29, 1.82) is 0 Å². The number of nitrogens with zero attached hydrogens (tertiary/aromatic N) is 1. The zero-order valence-corrected chi connectivity index (χ0v) is 14.1. The lowest BCUT2D eigenvalue weighted by molar-refractivity contribution is -0.385. The van der Waals surface area contributed by atoms with E-state index in [2.05, 4.69) is 5.32 Å². The van der Waals surface area contributed by atoms with E-state index in [1.165, 1.54) is 25.3 Å². The Labute approximate surface area is 149 Å². The molecule has 26 heavy (non-hydrogen) atoms. The highest BCUT2D eigenvalue weighted by Gasteiger charge is 2.17. The number of esters is 1. The molecule has 0 bridgehead atoms. The van der Waals surface area contributed by atoms with Gasteiger partial charge in [0.15, 0.2) is 6.61 Å². The van der Waals surface area contributed by atoms with E-state index in [-0.39, 0.29) is 24.2 Å². The summed E-state index contributed by atoms with van der Waals surface area (Å²) in [4.78, 5) is 34.0. The number of carbonyl (C=O) groups excluding carboxylic acids is 2. The average Bonchev–Trinajstić information content (AvgIpc) is 2.65. The van der Waals surface area contributed by atoms with Crippen molar-refractivity contribution in [3.8, 4) is 5.75 Å². The third-order valence-corrected chi connectivity index (χ3v) is 3.56. The predicted octanol–water partition coefficient (Wildman–Crippen LogP) is 2.01. The molecule has 2 aromatic carbocycles. The van der Waals surface area contributed by atoms with Crippen molar-refractivity contribution in [2.45, 2.75) is 13.0 Å². The van der Waals surface area contributed by atoms with Gasteiger partial charge in [-0.15, -0.1) is 0 Å². The van der Waals surface area contributed by atoms with Crippen LogP contribution in [0.25, 0.3) is 0 Å². The van der Waals surface area contributed by atoms with Gasteiger partial charge in [-0.2, -0.15) is 0 Å². The SMILES string of the molecule is COc1ccccc1CNC(=O)COC(=O)Cc1ccccc1[N+](=O)[O-]. The molecule has 0 aliphatic rings. The molecular formula is C18H18N2O6. The second kappa shape index (κ2) is 9.16. The highest BCUT2D eigenvalue weighted by atomic mass is 16.6. The molecule has 0 saturated carbocycles. The molecule has 8 nitrogen and oxygen atoms in total. The summed E-state index contributed by atoms with van der Waals surface area (Å²) in [6, 6.07) is 13.1. The average molecular weight is 358 g/mol. The topological polar surface area (TPSA) is 108 Å². The molecule has 0 unspecified atom stereocenters. The van der Waals surface area contributed by atoms with Gasteiger partial charge in [-0.25, -0.2) is 0 Å². The third-order valence-electron chi connectivity index (χ3n) is 3.56. The second-order valence-corrected chi connectivity index (χ2v) is 5.31. The van der Waals surface area contributed by atoms with Crippen LogP contribution in [0.2, 0.25) is 0 Å². The van der Waals surface area contributed by atoms with E-state index >= 15 is 0 Å². The monoisotopic (exact) mass is 358 g/mol. The summed E-state index contributed by atoms with van der Waals surface area (Å²) in [5, 5.41) is 13.5. The molecule has 0 aromatic heterocycles. The molecule has 2 aromatic rings. The summed E-state index contributed by atoms with van der Waals surface area (Å²) in [6.45, 7) is -0.237. The van der Waals surface area contributed by atoms with E-state index in [1.54, 1.807) is 18.2 Å². The second-order valence-electron chi connectivity index (χ2n) is 5.31. The van der Waals surface area contributed by atoms with Crippen molar-refractivity contribution in [3.63, 3.8) is 0 Å². The Balaban J connectivity index is 1.82. The molecule has 0 radical (unpaired) electrons. The fourth-order valence-corrected chi connectivity index (χ4v) is 2.28. The number of rotatable bonds is 8. The van der Waals surface area contributed by atoms with Gasteiger partial charge in [0.25, 0.3) is 11.6 Å². The lowest BCUT2D eigenvalue weighted by atomic mass is 10.1. The quantitative estimate of drug-likeness (QED) is 0.439. The number of nitro groups is 1. The first-order valence-electron chi connectivity index (χ1n) is 7.77. The van der Waals surface area contributed by atoms with Gasteiger partial charge in [0.2, 0.25) is 0 Å². The number of hydrogen-bond donors (Lipinski definition) is 1. The lowest BCUT2D eigenvalue weighted by Crippen LogP contribution is -2.28. The Hall–Kier alpha value is -3.42. The molecule has 2 rings (SSSR count). The Morgan fingerprint density at radius 2 is 1.73 bits per heavy atom. The van der Waals surface area contributed by atoms with Crippen molar-refractivity contribution >= 4 is 17.6 Å². The Bertz CT molecular complexity index is 806. The largest absolute Gasteiger partial charge is 0.496 e. The van der Waals surface area contributed by atoms with Gasteiger partial charge in [-0.05, 0) is 6.07 Å². The van der Waals surface area contributed by atoms with Crippen LogP contribution in [-0.4, -0.2) is 30.5 Å². The normalized spacial score (nSPS) is 10.0. The molecule has 0 spiro atoms. The van der Waals surface area contributed by atoms with Crippen molar-refractivity contribution < 1.29 is 24.0 Å². The van der Waals surface area contributed by atoms with Gasteiger partial charge in [-0.1, -0.05) is 36.4 Å². The molecule has 8 heteroatoms. The number of benzene rings is 2. The maximum atomic E-state index is 11.8. The van der Waals surface area contributed by atoms with Gasteiger partial charge in [0.1, 0.15) is 5.75 Å². The summed E-state index contributed by atoms with van der Waals surface area (Å²) in [5.41, 5.74) is 0.858. The van der Waals surface area contributed by atoms with Gasteiger partial charge in [0.05, 0.1) is 18.5 Å². The van der Waals surface area contributed by atoms with E-state index in [1.807, 2.05) is 12.1 Å². The number of amides is 1. The van der Waals surface area contributed by atoms with Crippen molar-refractivity contribution in [2.24, 2.45) is 0 Å². The van der Waals surface area contributed by atoms with Crippen LogP contribution in [0.1, 0.15) is 11.1 Å². The third kappa shape index (κ3) is 5.30. The fraction of sp³-hybridized carbons (Fsp3) is 0.222. The molecule has 0 heterocycles. The van der Waals surface area contributed by atoms with E-state index in [4.69, 9.17) is 9.47 Å². The number of methoxy groups -OCH3 is 1. The number of nitrogens with one attached hydrogen (secondary N) is 1. The molecule has 0 atom stereocenters. The van der Waals surface area contributed by atoms with Gasteiger partial charge in [-0.3, -0.25) is 19.7 Å². The number of hydrogen-bond acceptors (Lipinski definition) is 6. The molecule has 1 N–H and O–H groups in total. The molecular weight excluding hydrogens is 340 g/mol. The minimum atomic E-state index is -0.716. The maximum absolute atomic E-state index is 11.8. The van der Waals surface area contributed by atoms with Gasteiger partial charge < -0.3 is 14.8 Å². The molecule has 0 aliphatic heterocycles. The zero-order chi connectivity index (χ0) is 18.9. The van der Waals surface area contributed by atoms with Crippen LogP contribution in [0.3, 0.4) is 0 Å². The van der Waals surface area contributed by atoms with Gasteiger partial charge in [0, 0.05) is 23.7 Å². The van der Waals surface area contributed by atoms with Crippen LogP contribution in [0.4, 0.5) is 5.69 Å². The molecule has 0 saturated heterocycles. The fourth-order valence-electron chi connectivity index (χ4n) is 2.28. The van der Waals surface area contributed by atoms with Crippen molar-refractivity contribution in [3.05, 3.63) is 69.8 Å². The minimum Gasteiger partial charge on any atom is -0.496 e. The van der Waals surface area contributed by atoms with Crippen molar-refractivity contribution in [1.82, 2.24) is 5.32 Å². The number of nitro benzene ring substituents is 1. The summed E-state index contributed by atoms with van der Waals surface area (Å²) < 4.78 is 10.1. The van der Waals surface area contributed by atoms with Crippen molar-refractivity contribution in [2.75, 3.05) is 13.7 Å². The van der Waals surface area contributed by atoms with E-state index in [9.17, 15) is 19.7 Å². The summed E-state index contributed by atoms with van der Waals surface area (Å²) in [6.07, 6.45) is -0.281. The van der Waals surface area contributed by atoms with E-state index in [0.29, 0.717) is 5.75 Å². The molecule has 1 amide bonds. The molecule has 136 valence electrons. The van der Waals surface area contributed by atoms with Crippen LogP contribution < -0.4 is 10.1 Å². The van der Waals surface area contributed by atoms with Crippen LogP contribution in [-0.2, 0) is 27.3 Å². The predicted molar refractivity (Wildman–Crippen MR) is 92.6 cm³/mol. The zero-order valence-electron chi connectivity index (χ0n) is 14.1. The summed E-state index contributed by atoms with van der Waals surface area (Å²) in [5.74, 6) is -0.556. The molecule has 0 fully saturated rings. The summed E-state index contributed by atoms with van der Waals surface area (Å²) >= 11 is 0. The van der Waals surface area contributed by atoms with E-state index < -0.39 is 23.4 Å². The smallest absolute Gasteiger partial charge is 0.311 e. The van der Waals surface area contributed by atoms with Crippen LogP contribution in [0, 0.1) is 10.1 Å². The van der Waals surface area contributed by atoms with E-state index in [0.717, 1.165) is 5.56 Å². The van der Waals surface area contributed by atoms with Gasteiger partial charge >= 0.3 is 5.97 Å². The lowest BCUT2D eigenvalue weighted by Gasteiger charge is -2.10. The first-order valence-corrected chi connectivity index (χ1v) is 7.77. The number of carbonyl (C=O) groups is 2. The number of para-hydroxylation sites is 2. The van der Waals surface area contributed by atoms with Crippen LogP contribution in [0.5, 0.6) is 5.75 Å². The Morgan fingerprint density at radius 3 is 2.42 bits per heavy atom.